The number of halogens is 1. The third-order valence-corrected chi connectivity index (χ3v) is 1.63. The molecule has 1 amide bonds. The summed E-state index contributed by atoms with van der Waals surface area (Å²) in [5.74, 6) is -0.353. The van der Waals surface area contributed by atoms with Gasteiger partial charge in [0.25, 0.3) is 0 Å². The lowest BCUT2D eigenvalue weighted by Gasteiger charge is -2.05. The molecule has 0 aromatic carbocycles. The molecule has 0 atom stereocenters. The highest BCUT2D eigenvalue weighted by molar-refractivity contribution is 5.92. The number of hydrogen-bond donors (Lipinski definition) is 2. The van der Waals surface area contributed by atoms with E-state index in [0.29, 0.717) is 5.56 Å². The Labute approximate surface area is 85.7 Å². The quantitative estimate of drug-likeness (QED) is 0.769. The zero-order valence-corrected chi connectivity index (χ0v) is 7.83. The molecule has 0 bridgehead atoms. The Hall–Kier alpha value is -2.16. The molecule has 1 aromatic rings. The fourth-order valence-corrected chi connectivity index (χ4v) is 0.928. The van der Waals surface area contributed by atoms with Gasteiger partial charge in [-0.1, -0.05) is 0 Å². The van der Waals surface area contributed by atoms with E-state index in [1.807, 2.05) is 6.07 Å². The topological polar surface area (TPSA) is 91.8 Å². The minimum Gasteiger partial charge on any atom is -0.396 e. The van der Waals surface area contributed by atoms with E-state index in [0.717, 1.165) is 0 Å². The van der Waals surface area contributed by atoms with Crippen molar-refractivity contribution in [3.8, 4) is 6.07 Å². The first kappa shape index (κ1) is 10.9. The average Bonchev–Trinajstić information content (AvgIpc) is 2.21. The zero-order valence-electron chi connectivity index (χ0n) is 7.83. The van der Waals surface area contributed by atoms with Gasteiger partial charge in [-0.25, -0.2) is 4.98 Å². The molecule has 15 heavy (non-hydrogen) atoms. The minimum atomic E-state index is -0.734. The Bertz CT molecular complexity index is 413. The van der Waals surface area contributed by atoms with Gasteiger partial charge < -0.3 is 11.1 Å². The SMILES string of the molecule is N#Cc1cnc(NC(=O)CCF)c(N)c1. The molecule has 0 aliphatic heterocycles. The molecule has 0 spiro atoms. The summed E-state index contributed by atoms with van der Waals surface area (Å²) in [7, 11) is 0. The van der Waals surface area contributed by atoms with E-state index in [-0.39, 0.29) is 17.9 Å². The third-order valence-electron chi connectivity index (χ3n) is 1.63. The van der Waals surface area contributed by atoms with Crippen LogP contribution in [0.15, 0.2) is 12.3 Å². The number of rotatable bonds is 3. The lowest BCUT2D eigenvalue weighted by Crippen LogP contribution is -2.14. The van der Waals surface area contributed by atoms with Crippen LogP contribution in [0.5, 0.6) is 0 Å². The summed E-state index contributed by atoms with van der Waals surface area (Å²) in [5.41, 5.74) is 6.00. The monoisotopic (exact) mass is 208 g/mol. The minimum absolute atomic E-state index is 0.146. The summed E-state index contributed by atoms with van der Waals surface area (Å²) in [6.45, 7) is -0.734. The molecule has 1 aromatic heterocycles. The maximum Gasteiger partial charge on any atom is 0.228 e. The number of carbonyl (C=O) groups is 1. The number of nitrogens with two attached hydrogens (primary N) is 1. The van der Waals surface area contributed by atoms with E-state index in [9.17, 15) is 9.18 Å². The lowest BCUT2D eigenvalue weighted by atomic mass is 10.3. The summed E-state index contributed by atoms with van der Waals surface area (Å²) >= 11 is 0. The van der Waals surface area contributed by atoms with Gasteiger partial charge in [0.1, 0.15) is 6.07 Å². The number of alkyl halides is 1. The highest BCUT2D eigenvalue weighted by atomic mass is 19.1. The average molecular weight is 208 g/mol. The van der Waals surface area contributed by atoms with E-state index in [1.54, 1.807) is 0 Å². The molecule has 1 rings (SSSR count). The molecule has 78 valence electrons. The summed E-state index contributed by atoms with van der Waals surface area (Å²) in [6, 6.07) is 3.25. The van der Waals surface area contributed by atoms with E-state index in [2.05, 4.69) is 10.3 Å². The van der Waals surface area contributed by atoms with Gasteiger partial charge in [-0.05, 0) is 6.07 Å². The van der Waals surface area contributed by atoms with Gasteiger partial charge in [0.05, 0.1) is 24.3 Å². The lowest BCUT2D eigenvalue weighted by molar-refractivity contribution is -0.116. The van der Waals surface area contributed by atoms with Crippen LogP contribution in [0, 0.1) is 11.3 Å². The summed E-state index contributed by atoms with van der Waals surface area (Å²) in [6.07, 6.45) is 1.04. The second-order valence-electron chi connectivity index (χ2n) is 2.76. The maximum atomic E-state index is 11.8. The number of nitriles is 1. The molecule has 0 aliphatic carbocycles. The normalized spacial score (nSPS) is 9.33. The number of nitrogens with zero attached hydrogens (tertiary/aromatic N) is 2. The summed E-state index contributed by atoms with van der Waals surface area (Å²) < 4.78 is 11.8. The second kappa shape index (κ2) is 4.91. The number of aromatic nitrogens is 1. The predicted molar refractivity (Wildman–Crippen MR) is 52.6 cm³/mol. The second-order valence-corrected chi connectivity index (χ2v) is 2.76. The molecular weight excluding hydrogens is 199 g/mol. The van der Waals surface area contributed by atoms with Crippen LogP contribution in [0.25, 0.3) is 0 Å². The van der Waals surface area contributed by atoms with Gasteiger partial charge in [-0.15, -0.1) is 0 Å². The molecule has 0 aliphatic rings. The number of nitrogens with one attached hydrogen (secondary N) is 1. The van der Waals surface area contributed by atoms with Crippen molar-refractivity contribution < 1.29 is 9.18 Å². The van der Waals surface area contributed by atoms with Crippen molar-refractivity contribution in [1.29, 1.82) is 5.26 Å². The van der Waals surface area contributed by atoms with E-state index in [4.69, 9.17) is 11.0 Å². The van der Waals surface area contributed by atoms with Crippen molar-refractivity contribution in [3.05, 3.63) is 17.8 Å². The van der Waals surface area contributed by atoms with E-state index < -0.39 is 12.6 Å². The number of carbonyl (C=O) groups excluding carboxylic acids is 1. The maximum absolute atomic E-state index is 11.8. The van der Waals surface area contributed by atoms with Gasteiger partial charge in [-0.2, -0.15) is 5.26 Å². The highest BCUT2D eigenvalue weighted by Gasteiger charge is 2.06. The Morgan fingerprint density at radius 2 is 2.47 bits per heavy atom. The van der Waals surface area contributed by atoms with Crippen molar-refractivity contribution in [2.24, 2.45) is 0 Å². The van der Waals surface area contributed by atoms with Crippen LogP contribution in [0.4, 0.5) is 15.9 Å². The van der Waals surface area contributed by atoms with E-state index >= 15 is 0 Å². The van der Waals surface area contributed by atoms with Crippen LogP contribution in [0.2, 0.25) is 0 Å². The van der Waals surface area contributed by atoms with Crippen molar-refractivity contribution in [3.63, 3.8) is 0 Å². The molecule has 0 unspecified atom stereocenters. The first-order valence-electron chi connectivity index (χ1n) is 4.19. The Balaban J connectivity index is 2.79. The first-order chi connectivity index (χ1) is 7.17. The molecule has 5 nitrogen and oxygen atoms in total. The van der Waals surface area contributed by atoms with Gasteiger partial charge in [0.15, 0.2) is 5.82 Å². The first-order valence-corrected chi connectivity index (χ1v) is 4.19. The van der Waals surface area contributed by atoms with Gasteiger partial charge in [0, 0.05) is 6.20 Å². The fourth-order valence-electron chi connectivity index (χ4n) is 0.928. The van der Waals surface area contributed by atoms with Crippen molar-refractivity contribution in [1.82, 2.24) is 4.98 Å². The number of amides is 1. The van der Waals surface area contributed by atoms with Crippen molar-refractivity contribution in [2.75, 3.05) is 17.7 Å². The highest BCUT2D eigenvalue weighted by Crippen LogP contribution is 2.15. The number of nitrogen functional groups attached to an aromatic ring is 1. The number of pyridine rings is 1. The number of hydrogen-bond acceptors (Lipinski definition) is 4. The van der Waals surface area contributed by atoms with Gasteiger partial charge >= 0.3 is 0 Å². The predicted octanol–water partition coefficient (Wildman–Crippen LogP) is 0.834. The van der Waals surface area contributed by atoms with Crippen LogP contribution in [0.3, 0.4) is 0 Å². The smallest absolute Gasteiger partial charge is 0.228 e. The molecule has 6 heteroatoms. The van der Waals surface area contributed by atoms with E-state index in [1.165, 1.54) is 12.3 Å². The van der Waals surface area contributed by atoms with Gasteiger partial charge in [0.2, 0.25) is 5.91 Å². The molecule has 0 saturated heterocycles. The summed E-state index contributed by atoms with van der Waals surface area (Å²) in [5, 5.41) is 10.9. The van der Waals surface area contributed by atoms with Crippen LogP contribution in [-0.2, 0) is 4.79 Å². The molecule has 0 radical (unpaired) electrons. The van der Waals surface area contributed by atoms with Crippen molar-refractivity contribution in [2.45, 2.75) is 6.42 Å². The van der Waals surface area contributed by atoms with Crippen LogP contribution < -0.4 is 11.1 Å². The molecule has 3 N–H and O–H groups in total. The Kier molecular flexibility index (Phi) is 3.57. The number of anilines is 2. The van der Waals surface area contributed by atoms with Crippen LogP contribution in [0.1, 0.15) is 12.0 Å². The molecule has 0 saturated carbocycles. The standard InChI is InChI=1S/C9H9FN4O/c10-2-1-8(15)14-9-7(12)3-6(4-11)5-13-9/h3,5H,1-2,12H2,(H,13,14,15). The Morgan fingerprint density at radius 1 is 1.73 bits per heavy atom. The molecule has 0 fully saturated rings. The molecular formula is C9H9FN4O. The summed E-state index contributed by atoms with van der Waals surface area (Å²) in [4.78, 5) is 14.8. The Morgan fingerprint density at radius 3 is 3.00 bits per heavy atom. The van der Waals surface area contributed by atoms with Gasteiger partial charge in [-0.3, -0.25) is 9.18 Å². The van der Waals surface area contributed by atoms with Crippen molar-refractivity contribution >= 4 is 17.4 Å². The fraction of sp³-hybridized carbons (Fsp3) is 0.222. The third kappa shape index (κ3) is 2.91. The largest absolute Gasteiger partial charge is 0.396 e. The van der Waals surface area contributed by atoms with Crippen LogP contribution >= 0.6 is 0 Å². The zero-order chi connectivity index (χ0) is 11.3. The molecule has 1 heterocycles. The van der Waals surface area contributed by atoms with Crippen LogP contribution in [-0.4, -0.2) is 17.6 Å².